The predicted molar refractivity (Wildman–Crippen MR) is 105 cm³/mol. The minimum absolute atomic E-state index is 0.951. The molecule has 0 amide bonds. The molecule has 0 aromatic carbocycles. The highest BCUT2D eigenvalue weighted by molar-refractivity contribution is 6.50. The van der Waals surface area contributed by atoms with Crippen molar-refractivity contribution < 1.29 is 17.3 Å². The van der Waals surface area contributed by atoms with Crippen LogP contribution >= 0.6 is 0 Å². The Morgan fingerprint density at radius 1 is 0.560 bits per heavy atom. The smallest absolute Gasteiger partial charge is 0.418 e. The summed E-state index contributed by atoms with van der Waals surface area (Å²) >= 11 is 0. The van der Waals surface area contributed by atoms with E-state index in [9.17, 15) is 17.3 Å². The van der Waals surface area contributed by atoms with Crippen LogP contribution in [0.1, 0.15) is 124 Å². The maximum atomic E-state index is 9.75. The summed E-state index contributed by atoms with van der Waals surface area (Å²) in [5, 5.41) is 0. The first-order chi connectivity index (χ1) is 11.8. The number of halogens is 4. The Hall–Kier alpha value is -0.215. The van der Waals surface area contributed by atoms with Gasteiger partial charge in [0.1, 0.15) is 0 Å². The van der Waals surface area contributed by atoms with Gasteiger partial charge in [0.15, 0.2) is 0 Å². The van der Waals surface area contributed by atoms with Gasteiger partial charge in [-0.15, -0.1) is 0 Å². The second-order valence-electron chi connectivity index (χ2n) is 7.39. The highest BCUT2D eigenvalue weighted by Crippen LogP contribution is 2.15. The maximum absolute atomic E-state index is 9.75. The quantitative estimate of drug-likeness (QED) is 0.144. The molecule has 0 aliphatic carbocycles. The lowest BCUT2D eigenvalue weighted by molar-refractivity contribution is 0.368. The van der Waals surface area contributed by atoms with Crippen molar-refractivity contribution >= 4 is 7.25 Å². The van der Waals surface area contributed by atoms with E-state index in [0.29, 0.717) is 0 Å². The molecule has 0 nitrogen and oxygen atoms in total. The number of unbranched alkanes of at least 4 members (excludes halogenated alkanes) is 13. The third kappa shape index (κ3) is 35.7. The normalized spacial score (nSPS) is 12.6. The van der Waals surface area contributed by atoms with Gasteiger partial charge in [0.25, 0.3) is 0 Å². The van der Waals surface area contributed by atoms with Gasteiger partial charge in [0.2, 0.25) is 0 Å². The van der Waals surface area contributed by atoms with E-state index in [2.05, 4.69) is 20.8 Å². The van der Waals surface area contributed by atoms with Crippen LogP contribution in [0.2, 0.25) is 0 Å². The summed E-state index contributed by atoms with van der Waals surface area (Å²) < 4.78 is 39.0. The first-order valence-electron chi connectivity index (χ1n) is 10.7. The van der Waals surface area contributed by atoms with Crippen LogP contribution in [0.25, 0.3) is 0 Å². The molecule has 25 heavy (non-hydrogen) atoms. The molecule has 0 aliphatic heterocycles. The fourth-order valence-electron chi connectivity index (χ4n) is 2.89. The molecule has 1 unspecified atom stereocenters. The van der Waals surface area contributed by atoms with E-state index >= 15 is 0 Å². The van der Waals surface area contributed by atoms with Gasteiger partial charge in [-0.3, -0.25) is 0 Å². The monoisotopic (exact) mass is 369 g/mol. The largest absolute Gasteiger partial charge is 0.673 e. The van der Waals surface area contributed by atoms with Crippen LogP contribution in [-0.4, -0.2) is 7.25 Å². The molecule has 1 atom stereocenters. The highest BCUT2D eigenvalue weighted by atomic mass is 19.5. The SMILES string of the molecule is CCCCCCCCCCCCCCCCC(C)CC.F[B-](F)(F)F. The fourth-order valence-corrected chi connectivity index (χ4v) is 2.89. The Morgan fingerprint density at radius 3 is 1.12 bits per heavy atom. The summed E-state index contributed by atoms with van der Waals surface area (Å²) in [4.78, 5) is 0. The van der Waals surface area contributed by atoms with Crippen LogP contribution in [0.5, 0.6) is 0 Å². The van der Waals surface area contributed by atoms with Crippen LogP contribution in [-0.2, 0) is 0 Å². The van der Waals surface area contributed by atoms with Gasteiger partial charge in [-0.25, -0.2) is 0 Å². The average Bonchev–Trinajstić information content (AvgIpc) is 2.53. The minimum atomic E-state index is -6.00. The molecule has 0 bridgehead atoms. The number of hydrogen-bond acceptors (Lipinski definition) is 0. The van der Waals surface area contributed by atoms with E-state index < -0.39 is 7.25 Å². The molecular weight excluding hydrogens is 327 g/mol. The van der Waals surface area contributed by atoms with Gasteiger partial charge >= 0.3 is 7.25 Å². The Kier molecular flexibility index (Phi) is 21.7. The van der Waals surface area contributed by atoms with Crippen molar-refractivity contribution in [2.24, 2.45) is 5.92 Å². The van der Waals surface area contributed by atoms with Crippen molar-refractivity contribution in [3.8, 4) is 0 Å². The summed E-state index contributed by atoms with van der Waals surface area (Å²) in [6.07, 6.45) is 23.4. The lowest BCUT2D eigenvalue weighted by Crippen LogP contribution is -2.02. The maximum Gasteiger partial charge on any atom is 0.673 e. The molecule has 0 fully saturated rings. The highest BCUT2D eigenvalue weighted by Gasteiger charge is 2.20. The molecule has 0 saturated carbocycles. The Labute approximate surface area is 154 Å². The van der Waals surface area contributed by atoms with Crippen molar-refractivity contribution in [2.45, 2.75) is 124 Å². The fraction of sp³-hybridized carbons (Fsp3) is 1.00. The van der Waals surface area contributed by atoms with E-state index in [1.165, 1.54) is 103 Å². The lowest BCUT2D eigenvalue weighted by atomic mass is 9.99. The van der Waals surface area contributed by atoms with E-state index in [1.54, 1.807) is 0 Å². The van der Waals surface area contributed by atoms with Gasteiger partial charge in [-0.2, -0.15) is 0 Å². The topological polar surface area (TPSA) is 0 Å². The van der Waals surface area contributed by atoms with Crippen molar-refractivity contribution in [1.82, 2.24) is 0 Å². The molecular formula is C20H42BF4-. The van der Waals surface area contributed by atoms with Crippen LogP contribution < -0.4 is 0 Å². The molecule has 0 N–H and O–H groups in total. The summed E-state index contributed by atoms with van der Waals surface area (Å²) in [6.45, 7) is 7.00. The Balaban J connectivity index is 0. The van der Waals surface area contributed by atoms with Crippen LogP contribution in [0.4, 0.5) is 17.3 Å². The second-order valence-corrected chi connectivity index (χ2v) is 7.39. The van der Waals surface area contributed by atoms with E-state index in [1.807, 2.05) is 0 Å². The third-order valence-electron chi connectivity index (χ3n) is 4.75. The summed E-state index contributed by atoms with van der Waals surface area (Å²) in [5.74, 6) is 0.951. The van der Waals surface area contributed by atoms with Gasteiger partial charge in [0, 0.05) is 0 Å². The molecule has 0 spiro atoms. The van der Waals surface area contributed by atoms with Gasteiger partial charge in [-0.05, 0) is 5.92 Å². The average molecular weight is 369 g/mol. The van der Waals surface area contributed by atoms with Crippen LogP contribution in [0, 0.1) is 5.92 Å². The third-order valence-corrected chi connectivity index (χ3v) is 4.75. The van der Waals surface area contributed by atoms with Gasteiger partial charge in [0.05, 0.1) is 0 Å². The zero-order chi connectivity index (χ0) is 19.4. The molecule has 154 valence electrons. The summed E-state index contributed by atoms with van der Waals surface area (Å²) in [5.41, 5.74) is 0. The van der Waals surface area contributed by atoms with E-state index in [-0.39, 0.29) is 0 Å². The Bertz CT molecular complexity index is 238. The lowest BCUT2D eigenvalue weighted by Gasteiger charge is -2.07. The first kappa shape index (κ1) is 27.0. The van der Waals surface area contributed by atoms with E-state index in [4.69, 9.17) is 0 Å². The van der Waals surface area contributed by atoms with Crippen molar-refractivity contribution in [1.29, 1.82) is 0 Å². The van der Waals surface area contributed by atoms with Crippen molar-refractivity contribution in [3.63, 3.8) is 0 Å². The van der Waals surface area contributed by atoms with Gasteiger partial charge in [-0.1, -0.05) is 124 Å². The molecule has 0 aromatic rings. The standard InChI is InChI=1S/C20H42.BF4/c1-4-6-7-8-9-10-11-12-13-14-15-16-17-18-19-20(3)5-2;2-1(3,4)5/h20H,4-19H2,1-3H3;/q;-1. The van der Waals surface area contributed by atoms with E-state index in [0.717, 1.165) is 5.92 Å². The number of hydrogen-bond donors (Lipinski definition) is 0. The summed E-state index contributed by atoms with van der Waals surface area (Å²) in [6, 6.07) is 0. The minimum Gasteiger partial charge on any atom is -0.418 e. The van der Waals surface area contributed by atoms with Crippen LogP contribution in [0.3, 0.4) is 0 Å². The van der Waals surface area contributed by atoms with Gasteiger partial charge < -0.3 is 17.3 Å². The molecule has 0 rings (SSSR count). The second kappa shape index (κ2) is 20.1. The first-order valence-corrected chi connectivity index (χ1v) is 10.7. The van der Waals surface area contributed by atoms with Crippen molar-refractivity contribution in [2.75, 3.05) is 0 Å². The van der Waals surface area contributed by atoms with Crippen molar-refractivity contribution in [3.05, 3.63) is 0 Å². The zero-order valence-corrected chi connectivity index (χ0v) is 17.0. The van der Waals surface area contributed by atoms with Crippen LogP contribution in [0.15, 0.2) is 0 Å². The molecule has 5 heteroatoms. The summed E-state index contributed by atoms with van der Waals surface area (Å²) in [7, 11) is -6.00. The number of rotatable bonds is 16. The molecule has 0 aliphatic rings. The molecule has 0 saturated heterocycles. The molecule has 0 heterocycles. The molecule has 0 aromatic heterocycles. The predicted octanol–water partition coefficient (Wildman–Crippen LogP) is 9.20. The zero-order valence-electron chi connectivity index (χ0n) is 17.0. The Morgan fingerprint density at radius 2 is 0.840 bits per heavy atom. The molecule has 0 radical (unpaired) electrons.